The average molecular weight is 899 g/mol. The first kappa shape index (κ1) is 44.4. The molecule has 2 aromatic carbocycles. The highest BCUT2D eigenvalue weighted by Gasteiger charge is 2.39. The van der Waals surface area contributed by atoms with Crippen molar-refractivity contribution in [2.75, 3.05) is 102 Å². The van der Waals surface area contributed by atoms with Gasteiger partial charge in [-0.05, 0) is 75.9 Å². The minimum absolute atomic E-state index is 0.224. The molecule has 0 atom stereocenters. The van der Waals surface area contributed by atoms with E-state index in [9.17, 15) is 18.0 Å². The van der Waals surface area contributed by atoms with Gasteiger partial charge in [-0.2, -0.15) is 8.42 Å². The number of nitrogens with zero attached hydrogens (tertiary/aromatic N) is 7. The molecule has 64 heavy (non-hydrogen) atoms. The Kier molecular flexibility index (Phi) is 12.6. The molecule has 1 saturated heterocycles. The molecule has 0 unspecified atom stereocenters. The number of rotatable bonds is 13. The number of hydrogen-bond acceptors (Lipinski definition) is 14. The van der Waals surface area contributed by atoms with E-state index < -0.39 is 21.9 Å². The normalized spacial score (nSPS) is 15.8. The van der Waals surface area contributed by atoms with E-state index in [4.69, 9.17) is 35.2 Å². The second-order valence-corrected chi connectivity index (χ2v) is 18.6. The van der Waals surface area contributed by atoms with E-state index in [1.807, 2.05) is 19.3 Å². The van der Waals surface area contributed by atoms with Gasteiger partial charge in [0.05, 0.1) is 67.9 Å². The lowest BCUT2D eigenvalue weighted by Crippen LogP contribution is -2.56. The summed E-state index contributed by atoms with van der Waals surface area (Å²) in [5.74, 6) is 0.531. The maximum absolute atomic E-state index is 13.5. The van der Waals surface area contributed by atoms with Crippen LogP contribution in [-0.4, -0.2) is 141 Å². The number of H-pyrrole nitrogens is 1. The van der Waals surface area contributed by atoms with Crippen molar-refractivity contribution < 1.29 is 41.4 Å². The van der Waals surface area contributed by atoms with Crippen LogP contribution in [-0.2, 0) is 23.0 Å². The van der Waals surface area contributed by atoms with Gasteiger partial charge in [0.1, 0.15) is 36.8 Å². The first-order valence-electron chi connectivity index (χ1n) is 21.5. The second kappa shape index (κ2) is 18.1. The monoisotopic (exact) mass is 898 g/mol. The van der Waals surface area contributed by atoms with Gasteiger partial charge in [-0.1, -0.05) is 0 Å². The first-order valence-corrected chi connectivity index (χ1v) is 23.3. The summed E-state index contributed by atoms with van der Waals surface area (Å²) >= 11 is 0. The minimum Gasteiger partial charge on any atom is -0.487 e. The van der Waals surface area contributed by atoms with Crippen LogP contribution in [0.4, 0.5) is 17.1 Å². The van der Waals surface area contributed by atoms with Crippen LogP contribution >= 0.6 is 0 Å². The number of aryl methyl sites for hydroxylation is 2. The number of carbonyl (C=O) groups is 2. The van der Waals surface area contributed by atoms with Crippen LogP contribution in [0.25, 0.3) is 33.3 Å². The van der Waals surface area contributed by atoms with Gasteiger partial charge in [-0.3, -0.25) is 14.1 Å². The van der Waals surface area contributed by atoms with Crippen molar-refractivity contribution in [1.29, 1.82) is 0 Å². The van der Waals surface area contributed by atoms with Crippen LogP contribution in [0.2, 0.25) is 0 Å². The largest absolute Gasteiger partial charge is 0.487 e. The van der Waals surface area contributed by atoms with Gasteiger partial charge in [-0.15, -0.1) is 0 Å². The number of aromatic nitrogens is 4. The van der Waals surface area contributed by atoms with Gasteiger partial charge < -0.3 is 45.8 Å². The summed E-state index contributed by atoms with van der Waals surface area (Å²) in [6.07, 6.45) is 11.9. The van der Waals surface area contributed by atoms with Crippen LogP contribution in [0.3, 0.4) is 0 Å². The molecule has 7 N–H and O–H groups in total. The van der Waals surface area contributed by atoms with Crippen LogP contribution in [0.5, 0.6) is 17.5 Å². The molecule has 7 heterocycles. The lowest BCUT2D eigenvalue weighted by molar-refractivity contribution is -0.898. The Bertz CT molecular complexity index is 2690. The fourth-order valence-corrected chi connectivity index (χ4v) is 8.92. The Morgan fingerprint density at radius 2 is 1.52 bits per heavy atom. The average Bonchev–Trinajstić information content (AvgIpc) is 4.06. The molecule has 9 rings (SSSR count). The molecule has 5 aromatic rings. The number of quaternary nitrogens is 1. The zero-order valence-corrected chi connectivity index (χ0v) is 37.5. The topological polar surface area (TPSA) is 244 Å². The van der Waals surface area contributed by atoms with Gasteiger partial charge >= 0.3 is 0 Å². The number of ether oxygens (including phenoxy) is 3. The molecule has 3 aromatic heterocycles. The number of aromatic amines is 1. The number of likely N-dealkylation sites (N-methyl/N-ethyl adjacent to an activating group) is 2. The number of pyridine rings is 2. The summed E-state index contributed by atoms with van der Waals surface area (Å²) in [5.41, 5.74) is 21.9. The predicted molar refractivity (Wildman–Crippen MR) is 244 cm³/mol. The number of anilines is 3. The summed E-state index contributed by atoms with van der Waals surface area (Å²) in [5, 5.41) is 5.78. The van der Waals surface area contributed by atoms with Gasteiger partial charge in [0.15, 0.2) is 0 Å². The maximum Gasteiger partial charge on any atom is 0.261 e. The zero-order valence-electron chi connectivity index (χ0n) is 36.6. The Morgan fingerprint density at radius 1 is 0.906 bits per heavy atom. The summed E-state index contributed by atoms with van der Waals surface area (Å²) in [6.45, 7) is 6.23. The first-order chi connectivity index (χ1) is 30.6. The fourth-order valence-electron chi connectivity index (χ4n) is 8.92. The molecule has 340 valence electrons. The second-order valence-electron chi connectivity index (χ2n) is 17.1. The third kappa shape index (κ3) is 9.35. The van der Waals surface area contributed by atoms with Crippen LogP contribution in [0.15, 0.2) is 43.0 Å². The number of amides is 2. The van der Waals surface area contributed by atoms with E-state index >= 15 is 0 Å². The Hall–Kier alpha value is -6.22. The molecule has 19 nitrogen and oxygen atoms in total. The molecule has 4 aliphatic heterocycles. The van der Waals surface area contributed by atoms with Gasteiger partial charge in [0.2, 0.25) is 11.8 Å². The Labute approximate surface area is 372 Å². The van der Waals surface area contributed by atoms with E-state index in [1.54, 1.807) is 12.5 Å². The van der Waals surface area contributed by atoms with Crippen LogP contribution in [0, 0.1) is 0 Å². The lowest BCUT2D eigenvalue weighted by Gasteiger charge is -2.39. The number of imidazole rings is 1. The third-order valence-electron chi connectivity index (χ3n) is 12.1. The number of fused-ring (bicyclic) bond motifs is 4. The molecule has 0 radical (unpaired) electrons. The smallest absolute Gasteiger partial charge is 0.261 e. The number of likely N-dealkylation sites (tertiary alicyclic amines) is 1. The van der Waals surface area contributed by atoms with E-state index in [0.29, 0.717) is 77.1 Å². The van der Waals surface area contributed by atoms with E-state index in [0.717, 1.165) is 96.6 Å². The van der Waals surface area contributed by atoms with Crippen molar-refractivity contribution in [3.63, 3.8) is 0 Å². The molecule has 0 aliphatic carbocycles. The Morgan fingerprint density at radius 3 is 2.12 bits per heavy atom. The summed E-state index contributed by atoms with van der Waals surface area (Å²) in [6, 6.07) is 8.15. The summed E-state index contributed by atoms with van der Waals surface area (Å²) in [4.78, 5) is 48.1. The number of benzene rings is 2. The molecule has 4 aliphatic rings. The molecule has 1 fully saturated rings. The number of carbonyl (C=O) groups excluding carboxylic acids is 2. The number of hydrogen-bond donors (Lipinski definition) is 5. The molecular formula is C44H56N11O8S+. The van der Waals surface area contributed by atoms with E-state index in [-0.39, 0.29) is 12.2 Å². The SMILES string of the molecule is CN(CCN1CCCC1)c1cc(-c2cnc3c(c2)CCCO3)c2c(c1C(N)=O)NCN2[N+](C)(C)CCOc1cc(-c2cnc3c(c2)CCCO3)c2nc[nH]c2c1C(N)=O.CS(=O)(=O)O. The van der Waals surface area contributed by atoms with Gasteiger partial charge in [-0.25, -0.2) is 24.6 Å². The number of primary amides is 2. The molecule has 20 heteroatoms. The predicted octanol–water partition coefficient (Wildman–Crippen LogP) is 3.83. The van der Waals surface area contributed by atoms with Crippen molar-refractivity contribution in [3.8, 4) is 39.8 Å². The Balaban J connectivity index is 0.00000106. The minimum atomic E-state index is -3.67. The zero-order chi connectivity index (χ0) is 45.3. The van der Waals surface area contributed by atoms with Crippen molar-refractivity contribution in [3.05, 3.63) is 65.2 Å². The van der Waals surface area contributed by atoms with Crippen LogP contribution < -0.4 is 40.9 Å². The van der Waals surface area contributed by atoms with Crippen LogP contribution in [0.1, 0.15) is 57.5 Å². The summed E-state index contributed by atoms with van der Waals surface area (Å²) in [7, 11) is 2.53. The molecular weight excluding hydrogens is 843 g/mol. The standard InChI is InChI=1S/C43H51N11O5.CH4O3S/c1-51(12-13-52-10-4-5-11-52)32-20-31(29-19-27-9-7-16-59-43(27)47-23-29)39-38(34(32)40(44)55)50-25-53(39)54(2,3)14-17-57-33-21-30(36-37(49-24-48-36)35(33)41(45)56)28-18-26-8-6-15-58-42(26)46-22-28;1-5(2,3)4/h18-24H,4-17,25H2,1-3H3,(H5-,44,45,48,49,50,55,56);1H3,(H,2,3,4)/p+1. The maximum atomic E-state index is 13.5. The van der Waals surface area contributed by atoms with Gasteiger partial charge in [0, 0.05) is 65.9 Å². The molecule has 0 bridgehead atoms. The van der Waals surface area contributed by atoms with E-state index in [1.165, 1.54) is 12.8 Å². The highest BCUT2D eigenvalue weighted by atomic mass is 32.2. The highest BCUT2D eigenvalue weighted by molar-refractivity contribution is 7.85. The van der Waals surface area contributed by atoms with Crippen molar-refractivity contribution in [1.82, 2.24) is 24.8 Å². The molecule has 0 spiro atoms. The van der Waals surface area contributed by atoms with Gasteiger partial charge in [0.25, 0.3) is 21.9 Å². The quantitative estimate of drug-likeness (QED) is 0.0833. The van der Waals surface area contributed by atoms with Crippen molar-refractivity contribution in [2.45, 2.75) is 38.5 Å². The number of nitrogens with two attached hydrogens (primary N) is 2. The molecule has 2 amide bonds. The van der Waals surface area contributed by atoms with E-state index in [2.05, 4.69) is 67.4 Å². The van der Waals surface area contributed by atoms with Crippen molar-refractivity contribution in [2.24, 2.45) is 11.5 Å². The lowest BCUT2D eigenvalue weighted by atomic mass is 9.96. The molecule has 0 saturated carbocycles. The van der Waals surface area contributed by atoms with Crippen molar-refractivity contribution >= 4 is 50.0 Å². The summed E-state index contributed by atoms with van der Waals surface area (Å²) < 4.78 is 44.4. The highest BCUT2D eigenvalue weighted by Crippen LogP contribution is 2.49. The number of nitrogens with one attached hydrogen (secondary N) is 2. The third-order valence-corrected chi connectivity index (χ3v) is 12.1. The fraction of sp³-hybridized carbons (Fsp3) is 0.432.